The first-order chi connectivity index (χ1) is 17.8. The second kappa shape index (κ2) is 12.1. The lowest BCUT2D eigenvalue weighted by atomic mass is 10.1. The molecule has 3 aromatic rings. The van der Waals surface area contributed by atoms with Crippen LogP contribution in [-0.4, -0.2) is 44.4 Å². The van der Waals surface area contributed by atoms with Crippen molar-refractivity contribution in [1.82, 2.24) is 0 Å². The molecule has 0 saturated heterocycles. The summed E-state index contributed by atoms with van der Waals surface area (Å²) in [6.45, 7) is 0. The largest absolute Gasteiger partial charge is 0.503 e. The van der Waals surface area contributed by atoms with Gasteiger partial charge < -0.3 is 29.4 Å². The lowest BCUT2D eigenvalue weighted by molar-refractivity contribution is -0.384. The molecule has 0 bridgehead atoms. The zero-order chi connectivity index (χ0) is 26.9. The molecule has 3 rings (SSSR count). The molecule has 0 saturated carbocycles. The summed E-state index contributed by atoms with van der Waals surface area (Å²) in [7, 11) is 5.98. The Kier molecular flexibility index (Phi) is 8.71. The number of amides is 1. The van der Waals surface area contributed by atoms with Crippen molar-refractivity contribution in [2.45, 2.75) is 0 Å². The van der Waals surface area contributed by atoms with Gasteiger partial charge in [-0.25, -0.2) is 0 Å². The highest BCUT2D eigenvalue weighted by Crippen LogP contribution is 2.39. The summed E-state index contributed by atoms with van der Waals surface area (Å²) >= 11 is 0. The fraction of sp³-hybridized carbons (Fsp3) is 0.148. The van der Waals surface area contributed by atoms with E-state index in [0.29, 0.717) is 28.4 Å². The minimum absolute atomic E-state index is 0.0463. The van der Waals surface area contributed by atoms with Crippen LogP contribution in [-0.2, 0) is 4.79 Å². The molecule has 0 atom stereocenters. The number of nitro benzene ring substituents is 1. The minimum atomic E-state index is -0.513. The van der Waals surface area contributed by atoms with Crippen LogP contribution in [0, 0.1) is 10.1 Å². The van der Waals surface area contributed by atoms with Crippen LogP contribution in [0.2, 0.25) is 0 Å². The summed E-state index contributed by atoms with van der Waals surface area (Å²) < 4.78 is 21.4. The standard InChI is InChI=1S/C27H26N2O8/c1-34-22-14-18(5-6-19-15-23(35-2)27(37-4)24(16-19)36-3)13-21(26(22)31)28-25(30)12-9-17-7-10-20(11-8-17)29(32)33/h5-16,31H,1-4H3,(H,28,30)/b6-5?,12-9+. The highest BCUT2D eigenvalue weighted by molar-refractivity contribution is 6.03. The Balaban J connectivity index is 1.84. The molecular formula is C27H26N2O8. The minimum Gasteiger partial charge on any atom is -0.503 e. The Labute approximate surface area is 213 Å². The highest BCUT2D eigenvalue weighted by Gasteiger charge is 2.14. The van der Waals surface area contributed by atoms with E-state index in [1.807, 2.05) is 0 Å². The van der Waals surface area contributed by atoms with Gasteiger partial charge in [-0.2, -0.15) is 0 Å². The topological polar surface area (TPSA) is 129 Å². The molecule has 0 radical (unpaired) electrons. The molecule has 37 heavy (non-hydrogen) atoms. The van der Waals surface area contributed by atoms with Crippen molar-refractivity contribution in [2.75, 3.05) is 33.8 Å². The number of rotatable bonds is 10. The van der Waals surface area contributed by atoms with Crippen molar-refractivity contribution in [1.29, 1.82) is 0 Å². The molecule has 0 fully saturated rings. The molecule has 2 N–H and O–H groups in total. The van der Waals surface area contributed by atoms with Crippen LogP contribution in [0.25, 0.3) is 18.2 Å². The Bertz CT molecular complexity index is 1320. The highest BCUT2D eigenvalue weighted by atomic mass is 16.6. The number of carbonyl (C=O) groups is 1. The van der Waals surface area contributed by atoms with Gasteiger partial charge in [0, 0.05) is 18.2 Å². The smallest absolute Gasteiger partial charge is 0.269 e. The number of nitrogens with zero attached hydrogens (tertiary/aromatic N) is 1. The molecule has 0 aliphatic carbocycles. The Morgan fingerprint density at radius 1 is 0.811 bits per heavy atom. The number of benzene rings is 3. The van der Waals surface area contributed by atoms with Gasteiger partial charge in [0.2, 0.25) is 11.7 Å². The summed E-state index contributed by atoms with van der Waals surface area (Å²) in [5.41, 5.74) is 2.10. The number of methoxy groups -OCH3 is 4. The van der Waals surface area contributed by atoms with Gasteiger partial charge in [-0.15, -0.1) is 0 Å². The van der Waals surface area contributed by atoms with Gasteiger partial charge in [0.1, 0.15) is 0 Å². The predicted molar refractivity (Wildman–Crippen MR) is 140 cm³/mol. The first kappa shape index (κ1) is 26.6. The normalized spacial score (nSPS) is 10.9. The molecule has 10 nitrogen and oxygen atoms in total. The quantitative estimate of drug-likeness (QED) is 0.127. The van der Waals surface area contributed by atoms with Crippen LogP contribution >= 0.6 is 0 Å². The maximum Gasteiger partial charge on any atom is 0.269 e. The molecule has 1 amide bonds. The van der Waals surface area contributed by atoms with E-state index in [9.17, 15) is 20.0 Å². The van der Waals surface area contributed by atoms with Crippen LogP contribution in [0.5, 0.6) is 28.7 Å². The van der Waals surface area contributed by atoms with Gasteiger partial charge >= 0.3 is 0 Å². The first-order valence-corrected chi connectivity index (χ1v) is 10.9. The van der Waals surface area contributed by atoms with Crippen molar-refractivity contribution in [2.24, 2.45) is 0 Å². The number of aromatic hydroxyl groups is 1. The fourth-order valence-electron chi connectivity index (χ4n) is 3.42. The average molecular weight is 507 g/mol. The Hall–Kier alpha value is -4.99. The van der Waals surface area contributed by atoms with Gasteiger partial charge in [0.15, 0.2) is 23.0 Å². The predicted octanol–water partition coefficient (Wildman–Crippen LogP) is 5.16. The van der Waals surface area contributed by atoms with E-state index in [4.69, 9.17) is 18.9 Å². The van der Waals surface area contributed by atoms with E-state index in [1.54, 1.807) is 36.4 Å². The van der Waals surface area contributed by atoms with Crippen LogP contribution in [0.4, 0.5) is 11.4 Å². The van der Waals surface area contributed by atoms with Gasteiger partial charge in [-0.05, 0) is 59.2 Å². The number of ether oxygens (including phenoxy) is 4. The van der Waals surface area contributed by atoms with Gasteiger partial charge in [0.05, 0.1) is 39.0 Å². The second-order valence-electron chi connectivity index (χ2n) is 7.58. The SMILES string of the molecule is COc1cc(C=Cc2cc(OC)c(OC)c(OC)c2)cc(NC(=O)/C=C/c2ccc([N+](=O)[O-])cc2)c1O. The summed E-state index contributed by atoms with van der Waals surface area (Å²) in [5, 5.41) is 23.9. The first-order valence-electron chi connectivity index (χ1n) is 10.9. The van der Waals surface area contributed by atoms with Gasteiger partial charge in [-0.1, -0.05) is 12.2 Å². The molecular weight excluding hydrogens is 480 g/mol. The number of anilines is 1. The van der Waals surface area contributed by atoms with E-state index in [-0.39, 0.29) is 22.9 Å². The number of carbonyl (C=O) groups excluding carboxylic acids is 1. The van der Waals surface area contributed by atoms with Crippen molar-refractivity contribution in [3.05, 3.63) is 81.4 Å². The summed E-state index contributed by atoms with van der Waals surface area (Å²) in [6.07, 6.45) is 6.33. The fourth-order valence-corrected chi connectivity index (χ4v) is 3.42. The van der Waals surface area contributed by atoms with E-state index < -0.39 is 10.8 Å². The number of nitro groups is 1. The molecule has 10 heteroatoms. The average Bonchev–Trinajstić information content (AvgIpc) is 2.91. The lowest BCUT2D eigenvalue weighted by Gasteiger charge is -2.13. The van der Waals surface area contributed by atoms with Crippen LogP contribution in [0.1, 0.15) is 16.7 Å². The number of phenolic OH excluding ortho intramolecular Hbond substituents is 1. The molecule has 0 heterocycles. The second-order valence-corrected chi connectivity index (χ2v) is 7.58. The van der Waals surface area contributed by atoms with E-state index >= 15 is 0 Å². The Morgan fingerprint density at radius 2 is 1.35 bits per heavy atom. The van der Waals surface area contributed by atoms with Crippen LogP contribution in [0.3, 0.4) is 0 Å². The van der Waals surface area contributed by atoms with E-state index in [1.165, 1.54) is 64.9 Å². The Morgan fingerprint density at radius 3 is 1.86 bits per heavy atom. The summed E-state index contributed by atoms with van der Waals surface area (Å²) in [4.78, 5) is 22.8. The zero-order valence-electron chi connectivity index (χ0n) is 20.7. The third-order valence-corrected chi connectivity index (χ3v) is 5.26. The number of phenols is 1. The maximum absolute atomic E-state index is 12.5. The van der Waals surface area contributed by atoms with E-state index in [0.717, 1.165) is 5.56 Å². The summed E-state index contributed by atoms with van der Waals surface area (Å²) in [5.74, 6) is 0.892. The van der Waals surface area contributed by atoms with Crippen molar-refractivity contribution < 1.29 is 33.8 Å². The van der Waals surface area contributed by atoms with Gasteiger partial charge in [-0.3, -0.25) is 14.9 Å². The molecule has 0 spiro atoms. The third-order valence-electron chi connectivity index (χ3n) is 5.26. The lowest BCUT2D eigenvalue weighted by Crippen LogP contribution is -2.08. The number of non-ortho nitro benzene ring substituents is 1. The number of nitrogens with one attached hydrogen (secondary N) is 1. The van der Waals surface area contributed by atoms with E-state index in [2.05, 4.69) is 5.32 Å². The number of hydrogen-bond acceptors (Lipinski definition) is 8. The molecule has 3 aromatic carbocycles. The van der Waals surface area contributed by atoms with Gasteiger partial charge in [0.25, 0.3) is 5.69 Å². The molecule has 0 aromatic heterocycles. The molecule has 0 unspecified atom stereocenters. The van der Waals surface area contributed by atoms with Crippen LogP contribution in [0.15, 0.2) is 54.6 Å². The molecule has 192 valence electrons. The van der Waals surface area contributed by atoms with Crippen molar-refractivity contribution >= 4 is 35.5 Å². The number of hydrogen-bond donors (Lipinski definition) is 2. The zero-order valence-corrected chi connectivity index (χ0v) is 20.7. The maximum atomic E-state index is 12.5. The third kappa shape index (κ3) is 6.57. The monoisotopic (exact) mass is 506 g/mol. The van der Waals surface area contributed by atoms with Crippen molar-refractivity contribution in [3.8, 4) is 28.7 Å². The molecule has 0 aliphatic rings. The van der Waals surface area contributed by atoms with Crippen LogP contribution < -0.4 is 24.3 Å². The summed E-state index contributed by atoms with van der Waals surface area (Å²) in [6, 6.07) is 12.5. The molecule has 0 aliphatic heterocycles. The van der Waals surface area contributed by atoms with Crippen molar-refractivity contribution in [3.63, 3.8) is 0 Å².